The molecule has 1 saturated carbocycles. The van der Waals surface area contributed by atoms with Crippen LogP contribution in [0.4, 0.5) is 5.69 Å². The fraction of sp³-hybridized carbons (Fsp3) is 0.286. The van der Waals surface area contributed by atoms with Crippen LogP contribution in [0.3, 0.4) is 0 Å². The summed E-state index contributed by atoms with van der Waals surface area (Å²) in [6, 6.07) is 7.91. The second-order valence-corrected chi connectivity index (χ2v) is 7.34. The molecule has 1 aliphatic rings. The van der Waals surface area contributed by atoms with E-state index in [1.165, 1.54) is 28.8 Å². The van der Waals surface area contributed by atoms with Gasteiger partial charge in [-0.25, -0.2) is 8.42 Å². The Morgan fingerprint density at radius 1 is 1.33 bits per heavy atom. The standard InChI is InChI=1S/C14H15ClN2O3S/c15-13-8-12(5-6-14(13)16)21(18,19)17(10-3-4-10)9-11-2-1-7-20-11/h1-2,5-8,10H,3-4,9,16H2. The number of hydrogen-bond acceptors (Lipinski definition) is 4. The third kappa shape index (κ3) is 2.92. The summed E-state index contributed by atoms with van der Waals surface area (Å²) in [5.74, 6) is 0.618. The lowest BCUT2D eigenvalue weighted by Crippen LogP contribution is -2.32. The van der Waals surface area contributed by atoms with E-state index in [2.05, 4.69) is 0 Å². The van der Waals surface area contributed by atoms with Crippen LogP contribution in [0, 0.1) is 0 Å². The Bertz CT molecular complexity index is 740. The summed E-state index contributed by atoms with van der Waals surface area (Å²) < 4.78 is 32.3. The van der Waals surface area contributed by atoms with Gasteiger partial charge >= 0.3 is 0 Å². The minimum atomic E-state index is -3.62. The number of nitrogens with zero attached hydrogens (tertiary/aromatic N) is 1. The summed E-state index contributed by atoms with van der Waals surface area (Å²) in [6.07, 6.45) is 3.26. The van der Waals surface area contributed by atoms with Crippen LogP contribution < -0.4 is 5.73 Å². The molecule has 21 heavy (non-hydrogen) atoms. The molecule has 112 valence electrons. The van der Waals surface area contributed by atoms with Crippen LogP contribution in [0.5, 0.6) is 0 Å². The van der Waals surface area contributed by atoms with Crippen LogP contribution in [0.25, 0.3) is 0 Å². The molecule has 2 N–H and O–H groups in total. The number of benzene rings is 1. The number of nitrogens with two attached hydrogens (primary N) is 1. The summed E-state index contributed by atoms with van der Waals surface area (Å²) in [5.41, 5.74) is 6.00. The Hall–Kier alpha value is -1.50. The van der Waals surface area contributed by atoms with Gasteiger partial charge in [0.2, 0.25) is 10.0 Å². The topological polar surface area (TPSA) is 76.5 Å². The molecule has 0 spiro atoms. The molecule has 1 aliphatic carbocycles. The molecule has 1 aromatic heterocycles. The van der Waals surface area contributed by atoms with Gasteiger partial charge in [0.15, 0.2) is 0 Å². The molecule has 0 atom stereocenters. The van der Waals surface area contributed by atoms with Crippen molar-refractivity contribution >= 4 is 27.3 Å². The van der Waals surface area contributed by atoms with Crippen molar-refractivity contribution in [2.45, 2.75) is 30.3 Å². The molecular weight excluding hydrogens is 312 g/mol. The minimum absolute atomic E-state index is 0.0245. The Labute approximate surface area is 128 Å². The van der Waals surface area contributed by atoms with Crippen LogP contribution in [-0.4, -0.2) is 18.8 Å². The molecule has 0 amide bonds. The largest absolute Gasteiger partial charge is 0.468 e. The predicted molar refractivity (Wildman–Crippen MR) is 80.3 cm³/mol. The van der Waals surface area contributed by atoms with Gasteiger partial charge in [-0.05, 0) is 43.2 Å². The Kier molecular flexibility index (Phi) is 3.69. The highest BCUT2D eigenvalue weighted by atomic mass is 35.5. The minimum Gasteiger partial charge on any atom is -0.468 e. The quantitative estimate of drug-likeness (QED) is 0.857. The fourth-order valence-corrected chi connectivity index (χ4v) is 4.06. The van der Waals surface area contributed by atoms with Crippen molar-refractivity contribution in [3.63, 3.8) is 0 Å². The van der Waals surface area contributed by atoms with E-state index in [4.69, 9.17) is 21.8 Å². The molecule has 5 nitrogen and oxygen atoms in total. The maximum atomic E-state index is 12.8. The van der Waals surface area contributed by atoms with Crippen LogP contribution in [0.2, 0.25) is 5.02 Å². The van der Waals surface area contributed by atoms with E-state index in [0.29, 0.717) is 11.4 Å². The molecular formula is C14H15ClN2O3S. The zero-order chi connectivity index (χ0) is 15.0. The molecule has 0 saturated heterocycles. The van der Waals surface area contributed by atoms with E-state index < -0.39 is 10.0 Å². The van der Waals surface area contributed by atoms with E-state index in [0.717, 1.165) is 12.8 Å². The van der Waals surface area contributed by atoms with Gasteiger partial charge in [0.05, 0.1) is 28.4 Å². The van der Waals surface area contributed by atoms with Crippen LogP contribution >= 0.6 is 11.6 Å². The number of halogens is 1. The van der Waals surface area contributed by atoms with Crippen molar-refractivity contribution in [2.24, 2.45) is 0 Å². The molecule has 1 heterocycles. The van der Waals surface area contributed by atoms with Gasteiger partial charge in [-0.3, -0.25) is 0 Å². The Balaban J connectivity index is 1.95. The van der Waals surface area contributed by atoms with E-state index in [1.54, 1.807) is 12.1 Å². The van der Waals surface area contributed by atoms with E-state index in [1.807, 2.05) is 0 Å². The number of anilines is 1. The first-order valence-corrected chi connectivity index (χ1v) is 8.39. The first kappa shape index (κ1) is 14.4. The van der Waals surface area contributed by atoms with Crippen LogP contribution in [-0.2, 0) is 16.6 Å². The van der Waals surface area contributed by atoms with Crippen molar-refractivity contribution in [3.8, 4) is 0 Å². The van der Waals surface area contributed by atoms with Crippen molar-refractivity contribution in [1.82, 2.24) is 4.31 Å². The molecule has 0 radical (unpaired) electrons. The Morgan fingerprint density at radius 3 is 2.67 bits per heavy atom. The third-order valence-corrected chi connectivity index (χ3v) is 5.65. The number of hydrogen-bond donors (Lipinski definition) is 1. The summed E-state index contributed by atoms with van der Waals surface area (Å²) in [5, 5.41) is 0.241. The SMILES string of the molecule is Nc1ccc(S(=O)(=O)N(Cc2ccco2)C2CC2)cc1Cl. The average molecular weight is 327 g/mol. The molecule has 3 rings (SSSR count). The number of sulfonamides is 1. The van der Waals surface area contributed by atoms with Crippen LogP contribution in [0.1, 0.15) is 18.6 Å². The summed E-state index contributed by atoms with van der Waals surface area (Å²) >= 11 is 5.94. The summed E-state index contributed by atoms with van der Waals surface area (Å²) in [4.78, 5) is 0.153. The molecule has 0 bridgehead atoms. The van der Waals surface area contributed by atoms with Crippen molar-refractivity contribution in [2.75, 3.05) is 5.73 Å². The van der Waals surface area contributed by atoms with Crippen molar-refractivity contribution in [3.05, 3.63) is 47.4 Å². The second kappa shape index (κ2) is 5.36. The first-order chi connectivity index (χ1) is 9.98. The van der Waals surface area contributed by atoms with Gasteiger partial charge < -0.3 is 10.2 Å². The van der Waals surface area contributed by atoms with Gasteiger partial charge in [-0.15, -0.1) is 0 Å². The lowest BCUT2D eigenvalue weighted by Gasteiger charge is -2.21. The molecule has 1 fully saturated rings. The first-order valence-electron chi connectivity index (χ1n) is 6.58. The third-order valence-electron chi connectivity index (χ3n) is 3.42. The molecule has 0 unspecified atom stereocenters. The number of rotatable bonds is 5. The number of nitrogen functional groups attached to an aromatic ring is 1. The van der Waals surface area contributed by atoms with Crippen LogP contribution in [0.15, 0.2) is 45.9 Å². The molecule has 2 aromatic rings. The molecule has 1 aromatic carbocycles. The second-order valence-electron chi connectivity index (χ2n) is 5.04. The lowest BCUT2D eigenvalue weighted by atomic mass is 10.3. The Morgan fingerprint density at radius 2 is 2.10 bits per heavy atom. The molecule has 0 aliphatic heterocycles. The lowest BCUT2D eigenvalue weighted by molar-refractivity contribution is 0.356. The van der Waals surface area contributed by atoms with Crippen molar-refractivity contribution < 1.29 is 12.8 Å². The van der Waals surface area contributed by atoms with Gasteiger partial charge in [0, 0.05) is 6.04 Å². The highest BCUT2D eigenvalue weighted by Crippen LogP contribution is 2.34. The average Bonchev–Trinajstić information content (AvgIpc) is 3.15. The highest BCUT2D eigenvalue weighted by molar-refractivity contribution is 7.89. The fourth-order valence-electron chi connectivity index (χ4n) is 2.13. The van der Waals surface area contributed by atoms with Gasteiger partial charge in [-0.1, -0.05) is 11.6 Å². The number of furan rings is 1. The zero-order valence-electron chi connectivity index (χ0n) is 11.2. The van der Waals surface area contributed by atoms with Gasteiger partial charge in [0.1, 0.15) is 5.76 Å². The van der Waals surface area contributed by atoms with E-state index in [9.17, 15) is 8.42 Å². The normalized spacial score (nSPS) is 15.5. The smallest absolute Gasteiger partial charge is 0.243 e. The maximum Gasteiger partial charge on any atom is 0.243 e. The summed E-state index contributed by atoms with van der Waals surface area (Å²) in [6.45, 7) is 0.224. The monoisotopic (exact) mass is 326 g/mol. The predicted octanol–water partition coefficient (Wildman–Crippen LogP) is 2.87. The van der Waals surface area contributed by atoms with Crippen molar-refractivity contribution in [1.29, 1.82) is 0 Å². The van der Waals surface area contributed by atoms with E-state index in [-0.39, 0.29) is 22.5 Å². The molecule has 7 heteroatoms. The zero-order valence-corrected chi connectivity index (χ0v) is 12.8. The maximum absolute atomic E-state index is 12.8. The van der Waals surface area contributed by atoms with E-state index >= 15 is 0 Å². The highest BCUT2D eigenvalue weighted by Gasteiger charge is 2.38. The van der Waals surface area contributed by atoms with Gasteiger partial charge in [0.25, 0.3) is 0 Å². The van der Waals surface area contributed by atoms with Gasteiger partial charge in [-0.2, -0.15) is 4.31 Å². The summed E-state index contributed by atoms with van der Waals surface area (Å²) in [7, 11) is -3.62.